The Balaban J connectivity index is 1.56. The second kappa shape index (κ2) is 6.58. The summed E-state index contributed by atoms with van der Waals surface area (Å²) in [7, 11) is 0. The molecule has 6 heteroatoms. The Morgan fingerprint density at radius 1 is 1.43 bits per heavy atom. The van der Waals surface area contributed by atoms with Gasteiger partial charge >= 0.3 is 0 Å². The lowest BCUT2D eigenvalue weighted by atomic mass is 10.1. The van der Waals surface area contributed by atoms with E-state index in [4.69, 9.17) is 10.5 Å². The van der Waals surface area contributed by atoms with Crippen molar-refractivity contribution in [2.75, 3.05) is 18.0 Å². The van der Waals surface area contributed by atoms with Gasteiger partial charge < -0.3 is 20.7 Å². The molecule has 1 aliphatic heterocycles. The topological polar surface area (TPSA) is 84.7 Å². The van der Waals surface area contributed by atoms with Crippen LogP contribution in [0.4, 0.5) is 5.69 Å². The fraction of sp³-hybridized carbons (Fsp3) is 0.529. The molecule has 0 radical (unpaired) electrons. The molecule has 2 amide bonds. The first-order valence-electron chi connectivity index (χ1n) is 8.15. The van der Waals surface area contributed by atoms with Gasteiger partial charge in [0.15, 0.2) is 6.10 Å². The Morgan fingerprint density at radius 3 is 2.91 bits per heavy atom. The van der Waals surface area contributed by atoms with Gasteiger partial charge in [-0.2, -0.15) is 0 Å². The second-order valence-electron chi connectivity index (χ2n) is 6.27. The van der Waals surface area contributed by atoms with Crippen molar-refractivity contribution >= 4 is 17.5 Å². The highest BCUT2D eigenvalue weighted by molar-refractivity contribution is 6.00. The van der Waals surface area contributed by atoms with E-state index in [1.165, 1.54) is 0 Å². The molecule has 23 heavy (non-hydrogen) atoms. The number of nitrogens with one attached hydrogen (secondary N) is 1. The molecule has 1 aliphatic carbocycles. The summed E-state index contributed by atoms with van der Waals surface area (Å²) in [6.07, 6.45) is 2.04. The zero-order chi connectivity index (χ0) is 16.4. The molecule has 3 N–H and O–H groups in total. The number of amides is 2. The number of carbonyl (C=O) groups is 2. The Kier molecular flexibility index (Phi) is 4.52. The van der Waals surface area contributed by atoms with E-state index in [1.807, 2.05) is 24.3 Å². The molecule has 0 spiro atoms. The minimum Gasteiger partial charge on any atom is -0.479 e. The predicted octanol–water partition coefficient (Wildman–Crippen LogP) is 1.04. The van der Waals surface area contributed by atoms with Gasteiger partial charge in [0.05, 0.1) is 5.69 Å². The SMILES string of the molecule is CC1Oc2ccccc2N(CCC(=O)NCC(N)C2CC2)C1=O. The van der Waals surface area contributed by atoms with Gasteiger partial charge in [-0.25, -0.2) is 0 Å². The van der Waals surface area contributed by atoms with Crippen LogP contribution in [-0.4, -0.2) is 37.0 Å². The molecule has 0 bridgehead atoms. The second-order valence-corrected chi connectivity index (χ2v) is 6.27. The Bertz CT molecular complexity index is 601. The van der Waals surface area contributed by atoms with Gasteiger partial charge in [0.25, 0.3) is 5.91 Å². The monoisotopic (exact) mass is 317 g/mol. The fourth-order valence-corrected chi connectivity index (χ4v) is 2.81. The number of nitrogens with zero attached hydrogens (tertiary/aromatic N) is 1. The molecule has 1 aromatic carbocycles. The molecule has 2 atom stereocenters. The van der Waals surface area contributed by atoms with Crippen molar-refractivity contribution in [2.45, 2.75) is 38.3 Å². The number of nitrogens with two attached hydrogens (primary N) is 1. The van der Waals surface area contributed by atoms with Crippen molar-refractivity contribution in [3.8, 4) is 5.75 Å². The van der Waals surface area contributed by atoms with Crippen molar-refractivity contribution in [3.05, 3.63) is 24.3 Å². The van der Waals surface area contributed by atoms with Gasteiger partial charge in [-0.15, -0.1) is 0 Å². The van der Waals surface area contributed by atoms with Crippen LogP contribution in [0.5, 0.6) is 5.75 Å². The standard InChI is InChI=1S/C17H23N3O3/c1-11-17(22)20(14-4-2-3-5-15(14)23-11)9-8-16(21)19-10-13(18)12-6-7-12/h2-5,11-13H,6-10,18H2,1H3,(H,19,21). The van der Waals surface area contributed by atoms with E-state index >= 15 is 0 Å². The summed E-state index contributed by atoms with van der Waals surface area (Å²) in [4.78, 5) is 25.9. The summed E-state index contributed by atoms with van der Waals surface area (Å²) in [6, 6.07) is 7.43. The first kappa shape index (κ1) is 15.8. The minimum absolute atomic E-state index is 0.0460. The number of fused-ring (bicyclic) bond motifs is 1. The largest absolute Gasteiger partial charge is 0.479 e. The summed E-state index contributed by atoms with van der Waals surface area (Å²) in [6.45, 7) is 2.57. The quantitative estimate of drug-likeness (QED) is 0.821. The van der Waals surface area contributed by atoms with E-state index in [0.717, 1.165) is 18.5 Å². The molecule has 0 aromatic heterocycles. The summed E-state index contributed by atoms with van der Waals surface area (Å²) >= 11 is 0. The number of carbonyl (C=O) groups excluding carboxylic acids is 2. The van der Waals surface area contributed by atoms with E-state index < -0.39 is 6.10 Å². The summed E-state index contributed by atoms with van der Waals surface area (Å²) in [5.41, 5.74) is 6.69. The third kappa shape index (κ3) is 3.64. The fourth-order valence-electron chi connectivity index (χ4n) is 2.81. The molecule has 1 saturated carbocycles. The third-order valence-electron chi connectivity index (χ3n) is 4.40. The number of benzene rings is 1. The van der Waals surface area contributed by atoms with Crippen LogP contribution in [0.2, 0.25) is 0 Å². The van der Waals surface area contributed by atoms with Crippen LogP contribution in [0.3, 0.4) is 0 Å². The van der Waals surface area contributed by atoms with Gasteiger partial charge in [-0.3, -0.25) is 9.59 Å². The van der Waals surface area contributed by atoms with Gasteiger partial charge in [0, 0.05) is 25.6 Å². The van der Waals surface area contributed by atoms with Crippen molar-refractivity contribution in [2.24, 2.45) is 11.7 Å². The van der Waals surface area contributed by atoms with Gasteiger partial charge in [-0.05, 0) is 37.8 Å². The van der Waals surface area contributed by atoms with Gasteiger partial charge in [-0.1, -0.05) is 12.1 Å². The molecule has 1 fully saturated rings. The van der Waals surface area contributed by atoms with Crippen LogP contribution in [0.15, 0.2) is 24.3 Å². The van der Waals surface area contributed by atoms with Crippen molar-refractivity contribution in [3.63, 3.8) is 0 Å². The molecule has 6 nitrogen and oxygen atoms in total. The number of ether oxygens (including phenoxy) is 1. The zero-order valence-corrected chi connectivity index (χ0v) is 13.3. The van der Waals surface area contributed by atoms with Crippen molar-refractivity contribution < 1.29 is 14.3 Å². The van der Waals surface area contributed by atoms with E-state index in [2.05, 4.69) is 5.32 Å². The number of anilines is 1. The lowest BCUT2D eigenvalue weighted by Gasteiger charge is -2.32. The Hall–Kier alpha value is -2.08. The number of hydrogen-bond acceptors (Lipinski definition) is 4. The maximum atomic E-state index is 12.3. The van der Waals surface area contributed by atoms with E-state index in [9.17, 15) is 9.59 Å². The van der Waals surface area contributed by atoms with Crippen LogP contribution in [0.1, 0.15) is 26.2 Å². The Labute approximate surface area is 136 Å². The Morgan fingerprint density at radius 2 is 2.17 bits per heavy atom. The summed E-state index contributed by atoms with van der Waals surface area (Å²) in [5.74, 6) is 1.04. The highest BCUT2D eigenvalue weighted by Gasteiger charge is 2.31. The molecular formula is C17H23N3O3. The predicted molar refractivity (Wildman–Crippen MR) is 87.2 cm³/mol. The van der Waals surface area contributed by atoms with Crippen LogP contribution in [-0.2, 0) is 9.59 Å². The van der Waals surface area contributed by atoms with Gasteiger partial charge in [0.2, 0.25) is 5.91 Å². The highest BCUT2D eigenvalue weighted by atomic mass is 16.5. The van der Waals surface area contributed by atoms with Crippen LogP contribution < -0.4 is 20.7 Å². The van der Waals surface area contributed by atoms with Crippen LogP contribution in [0.25, 0.3) is 0 Å². The average Bonchev–Trinajstić information content (AvgIpc) is 3.38. The molecule has 1 aromatic rings. The number of rotatable bonds is 6. The van der Waals surface area contributed by atoms with E-state index in [-0.39, 0.29) is 24.3 Å². The molecule has 2 unspecified atom stereocenters. The molecular weight excluding hydrogens is 294 g/mol. The lowest BCUT2D eigenvalue weighted by Crippen LogP contribution is -2.46. The number of para-hydroxylation sites is 2. The normalized spacial score (nSPS) is 21.4. The van der Waals surface area contributed by atoms with E-state index in [0.29, 0.717) is 24.8 Å². The molecule has 3 rings (SSSR count). The molecule has 124 valence electrons. The minimum atomic E-state index is -0.531. The first-order chi connectivity index (χ1) is 11.1. The summed E-state index contributed by atoms with van der Waals surface area (Å²) in [5, 5.41) is 2.86. The zero-order valence-electron chi connectivity index (χ0n) is 13.3. The van der Waals surface area contributed by atoms with Gasteiger partial charge in [0.1, 0.15) is 5.75 Å². The maximum Gasteiger partial charge on any atom is 0.267 e. The molecule has 0 saturated heterocycles. The molecule has 1 heterocycles. The lowest BCUT2D eigenvalue weighted by molar-refractivity contribution is -0.125. The smallest absolute Gasteiger partial charge is 0.267 e. The third-order valence-corrected chi connectivity index (χ3v) is 4.40. The van der Waals surface area contributed by atoms with Crippen molar-refractivity contribution in [1.82, 2.24) is 5.32 Å². The maximum absolute atomic E-state index is 12.3. The first-order valence-corrected chi connectivity index (χ1v) is 8.15. The highest BCUT2D eigenvalue weighted by Crippen LogP contribution is 2.33. The average molecular weight is 317 g/mol. The van der Waals surface area contributed by atoms with Crippen molar-refractivity contribution in [1.29, 1.82) is 0 Å². The summed E-state index contributed by atoms with van der Waals surface area (Å²) < 4.78 is 5.59. The van der Waals surface area contributed by atoms with Crippen LogP contribution in [0, 0.1) is 5.92 Å². The number of hydrogen-bond donors (Lipinski definition) is 2. The van der Waals surface area contributed by atoms with E-state index in [1.54, 1.807) is 11.8 Å². The molecule has 2 aliphatic rings. The van der Waals surface area contributed by atoms with Crippen LogP contribution >= 0.6 is 0 Å².